The summed E-state index contributed by atoms with van der Waals surface area (Å²) in [6, 6.07) is 6.95. The second-order valence-electron chi connectivity index (χ2n) is 10.1. The minimum absolute atomic E-state index is 0.305. The number of Topliss-reactive ketones (excluding diaryl/α,β-unsaturated/α-hetero) is 1. The number of ketones is 1. The first kappa shape index (κ1) is 20.2. The average Bonchev–Trinajstić information content (AvgIpc) is 3.06. The highest BCUT2D eigenvalue weighted by atomic mass is 16.5. The highest BCUT2D eigenvalue weighted by Gasteiger charge is 2.42. The number of nitrogen functional groups attached to an aromatic ring is 1. The van der Waals surface area contributed by atoms with Gasteiger partial charge >= 0.3 is 0 Å². The largest absolute Gasteiger partial charge is 0.466 e. The van der Waals surface area contributed by atoms with E-state index in [-0.39, 0.29) is 0 Å². The van der Waals surface area contributed by atoms with Gasteiger partial charge in [0.05, 0.1) is 5.56 Å². The monoisotopic (exact) mass is 417 g/mol. The van der Waals surface area contributed by atoms with Crippen LogP contribution in [0, 0.1) is 5.92 Å². The summed E-state index contributed by atoms with van der Waals surface area (Å²) in [5.41, 5.74) is 11.9. The van der Waals surface area contributed by atoms with Gasteiger partial charge in [0.2, 0.25) is 5.88 Å². The number of benzene rings is 1. The van der Waals surface area contributed by atoms with Crippen molar-refractivity contribution in [3.05, 3.63) is 46.8 Å². The van der Waals surface area contributed by atoms with Gasteiger partial charge < -0.3 is 15.3 Å². The summed E-state index contributed by atoms with van der Waals surface area (Å²) in [4.78, 5) is 19.9. The van der Waals surface area contributed by atoms with E-state index in [4.69, 9.17) is 10.5 Å². The Labute approximate surface area is 184 Å². The van der Waals surface area contributed by atoms with Gasteiger partial charge in [0.25, 0.3) is 0 Å². The number of hydrogen-bond donors (Lipinski definition) is 1. The third kappa shape index (κ3) is 3.44. The number of rotatable bonds is 3. The number of carbonyl (C=O) groups excluding carboxylic acids is 1. The molecule has 0 radical (unpaired) electrons. The standard InChI is InChI=1S/C26H31N3O2/c1-16(30)12-17-6-9-26(10-7-17)11-8-19-13-18(4-5-21(19)26)22-14-20-23(27)28-15-29-24(20)31-25(22,2)3/h4-5,13-15,17H,6-12H2,1-3H3,(H2,27,28,29). The molecule has 2 N–H and O–H groups in total. The Morgan fingerprint density at radius 1 is 1.19 bits per heavy atom. The highest BCUT2D eigenvalue weighted by molar-refractivity contribution is 5.91. The number of ether oxygens (including phenoxy) is 1. The van der Waals surface area contributed by atoms with Crippen molar-refractivity contribution >= 4 is 23.3 Å². The molecule has 1 fully saturated rings. The predicted octanol–water partition coefficient (Wildman–Crippen LogP) is 5.12. The zero-order chi connectivity index (χ0) is 21.8. The second-order valence-corrected chi connectivity index (χ2v) is 10.1. The zero-order valence-corrected chi connectivity index (χ0v) is 18.7. The van der Waals surface area contributed by atoms with Crippen LogP contribution in [0.25, 0.3) is 11.6 Å². The molecule has 0 bridgehead atoms. The maximum absolute atomic E-state index is 11.5. The molecule has 3 aliphatic rings. The summed E-state index contributed by atoms with van der Waals surface area (Å²) >= 11 is 0. The van der Waals surface area contributed by atoms with Crippen LogP contribution in [0.5, 0.6) is 5.88 Å². The van der Waals surface area contributed by atoms with Crippen LogP contribution >= 0.6 is 0 Å². The van der Waals surface area contributed by atoms with Crippen LogP contribution in [0.3, 0.4) is 0 Å². The topological polar surface area (TPSA) is 78.1 Å². The molecule has 5 heteroatoms. The van der Waals surface area contributed by atoms with Crippen molar-refractivity contribution in [2.24, 2.45) is 5.92 Å². The molecule has 5 nitrogen and oxygen atoms in total. The van der Waals surface area contributed by atoms with Crippen LogP contribution in [0.2, 0.25) is 0 Å². The molecule has 2 aliphatic carbocycles. The average molecular weight is 418 g/mol. The molecule has 0 saturated heterocycles. The van der Waals surface area contributed by atoms with E-state index in [1.54, 1.807) is 6.92 Å². The van der Waals surface area contributed by atoms with Gasteiger partial charge in [-0.1, -0.05) is 18.2 Å². The quantitative estimate of drug-likeness (QED) is 0.749. The molecular formula is C26H31N3O2. The van der Waals surface area contributed by atoms with Crippen molar-refractivity contribution < 1.29 is 9.53 Å². The van der Waals surface area contributed by atoms with Gasteiger partial charge in [0.1, 0.15) is 23.5 Å². The van der Waals surface area contributed by atoms with Crippen LogP contribution in [-0.4, -0.2) is 21.4 Å². The van der Waals surface area contributed by atoms with Gasteiger partial charge in [-0.25, -0.2) is 9.97 Å². The summed E-state index contributed by atoms with van der Waals surface area (Å²) in [5.74, 6) is 1.89. The Morgan fingerprint density at radius 2 is 1.97 bits per heavy atom. The number of carbonyl (C=O) groups is 1. The lowest BCUT2D eigenvalue weighted by atomic mass is 9.66. The molecule has 1 aliphatic heterocycles. The van der Waals surface area contributed by atoms with Crippen molar-refractivity contribution in [1.29, 1.82) is 0 Å². The maximum Gasteiger partial charge on any atom is 0.226 e. The first-order valence-electron chi connectivity index (χ1n) is 11.4. The minimum Gasteiger partial charge on any atom is -0.466 e. The summed E-state index contributed by atoms with van der Waals surface area (Å²) in [5, 5.41) is 0. The molecule has 1 spiro atoms. The van der Waals surface area contributed by atoms with E-state index in [9.17, 15) is 4.79 Å². The van der Waals surface area contributed by atoms with E-state index in [1.165, 1.54) is 55.1 Å². The summed E-state index contributed by atoms with van der Waals surface area (Å²) < 4.78 is 6.21. The summed E-state index contributed by atoms with van der Waals surface area (Å²) in [7, 11) is 0. The van der Waals surface area contributed by atoms with E-state index in [0.29, 0.717) is 28.8 Å². The number of nitrogens with two attached hydrogens (primary N) is 1. The number of nitrogens with zero attached hydrogens (tertiary/aromatic N) is 2. The Morgan fingerprint density at radius 3 is 2.71 bits per heavy atom. The van der Waals surface area contributed by atoms with Crippen LogP contribution in [0.4, 0.5) is 5.82 Å². The van der Waals surface area contributed by atoms with Gasteiger partial charge in [-0.15, -0.1) is 0 Å². The molecule has 1 aromatic carbocycles. The molecule has 2 heterocycles. The number of aromatic nitrogens is 2. The van der Waals surface area contributed by atoms with E-state index >= 15 is 0 Å². The Bertz CT molecular complexity index is 1080. The molecule has 0 unspecified atom stereocenters. The van der Waals surface area contributed by atoms with E-state index in [2.05, 4.69) is 48.1 Å². The maximum atomic E-state index is 11.5. The molecule has 1 saturated carbocycles. The van der Waals surface area contributed by atoms with Gasteiger partial charge in [0.15, 0.2) is 0 Å². The van der Waals surface area contributed by atoms with E-state index in [1.807, 2.05) is 0 Å². The molecule has 0 atom stereocenters. The van der Waals surface area contributed by atoms with E-state index in [0.717, 1.165) is 24.0 Å². The number of anilines is 1. The fraction of sp³-hybridized carbons (Fsp3) is 0.500. The molecule has 0 amide bonds. The zero-order valence-electron chi connectivity index (χ0n) is 18.7. The molecular weight excluding hydrogens is 386 g/mol. The van der Waals surface area contributed by atoms with Crippen molar-refractivity contribution in [2.75, 3.05) is 5.73 Å². The third-order valence-electron chi connectivity index (χ3n) is 7.67. The van der Waals surface area contributed by atoms with Crippen molar-refractivity contribution in [3.8, 4) is 5.88 Å². The fourth-order valence-electron chi connectivity index (χ4n) is 6.01. The Balaban J connectivity index is 1.46. The lowest BCUT2D eigenvalue weighted by Gasteiger charge is -2.38. The van der Waals surface area contributed by atoms with Crippen LogP contribution in [-0.2, 0) is 16.6 Å². The van der Waals surface area contributed by atoms with E-state index < -0.39 is 5.60 Å². The first-order chi connectivity index (χ1) is 14.8. The van der Waals surface area contributed by atoms with Crippen LogP contribution < -0.4 is 10.5 Å². The lowest BCUT2D eigenvalue weighted by Crippen LogP contribution is -2.33. The van der Waals surface area contributed by atoms with Crippen LogP contribution in [0.1, 0.15) is 81.5 Å². The number of fused-ring (bicyclic) bond motifs is 3. The van der Waals surface area contributed by atoms with Crippen LogP contribution in [0.15, 0.2) is 24.5 Å². The molecule has 2 aromatic rings. The normalized spacial score (nSPS) is 26.0. The SMILES string of the molecule is CC(=O)CC1CCC2(CCc3cc(C4=Cc5c(N)ncnc5OC4(C)C)ccc32)CC1. The lowest BCUT2D eigenvalue weighted by molar-refractivity contribution is -0.118. The van der Waals surface area contributed by atoms with Gasteiger partial charge in [-0.2, -0.15) is 0 Å². The minimum atomic E-state index is -0.497. The third-order valence-corrected chi connectivity index (χ3v) is 7.67. The van der Waals surface area contributed by atoms with Gasteiger partial charge in [-0.3, -0.25) is 0 Å². The molecule has 31 heavy (non-hydrogen) atoms. The number of hydrogen-bond acceptors (Lipinski definition) is 5. The summed E-state index contributed by atoms with van der Waals surface area (Å²) in [6.45, 7) is 5.87. The van der Waals surface area contributed by atoms with Crippen molar-refractivity contribution in [2.45, 2.75) is 76.7 Å². The Kier molecular flexibility index (Phi) is 4.68. The Hall–Kier alpha value is -2.69. The highest BCUT2D eigenvalue weighted by Crippen LogP contribution is 2.51. The van der Waals surface area contributed by atoms with Crippen molar-refractivity contribution in [3.63, 3.8) is 0 Å². The molecule has 162 valence electrons. The molecule has 1 aromatic heterocycles. The summed E-state index contributed by atoms with van der Waals surface area (Å²) in [6.07, 6.45) is 11.4. The first-order valence-corrected chi connectivity index (χ1v) is 11.4. The van der Waals surface area contributed by atoms with Gasteiger partial charge in [0, 0.05) is 12.0 Å². The van der Waals surface area contributed by atoms with Gasteiger partial charge in [-0.05, 0) is 93.4 Å². The smallest absolute Gasteiger partial charge is 0.226 e. The fourth-order valence-corrected chi connectivity index (χ4v) is 6.01. The second kappa shape index (κ2) is 7.18. The predicted molar refractivity (Wildman–Crippen MR) is 123 cm³/mol. The molecule has 5 rings (SSSR count). The number of aryl methyl sites for hydroxylation is 1. The van der Waals surface area contributed by atoms with Crippen molar-refractivity contribution in [1.82, 2.24) is 9.97 Å².